The first-order valence-corrected chi connectivity index (χ1v) is 4.83. The summed E-state index contributed by atoms with van der Waals surface area (Å²) in [5.74, 6) is -0.321. The van der Waals surface area contributed by atoms with E-state index in [9.17, 15) is 4.79 Å². The number of halogens is 1. The molecule has 2 aromatic heterocycles. The third-order valence-corrected chi connectivity index (χ3v) is 2.72. The molecule has 0 atom stereocenters. The lowest BCUT2D eigenvalue weighted by atomic mass is 10.1. The molecule has 1 aliphatic rings. The molecule has 0 spiro atoms. The lowest BCUT2D eigenvalue weighted by Crippen LogP contribution is -2.15. The van der Waals surface area contributed by atoms with Crippen molar-refractivity contribution >= 4 is 23.1 Å². The lowest BCUT2D eigenvalue weighted by molar-refractivity contribution is 0.0482. The summed E-state index contributed by atoms with van der Waals surface area (Å²) in [7, 11) is 0. The largest absolute Gasteiger partial charge is 0.462 e. The molecule has 6 heteroatoms. The molecule has 76 valence electrons. The molecule has 0 N–H and O–H groups in total. The SMILES string of the molecule is O=C1OCCc2c1cn1ncnc(Cl)c21. The molecule has 2 aromatic rings. The van der Waals surface area contributed by atoms with Crippen molar-refractivity contribution in [1.82, 2.24) is 14.6 Å². The Bertz CT molecular complexity index is 564. The number of carbonyl (C=O) groups is 1. The topological polar surface area (TPSA) is 56.5 Å². The lowest BCUT2D eigenvalue weighted by Gasteiger charge is -2.11. The van der Waals surface area contributed by atoms with Crippen molar-refractivity contribution in [2.24, 2.45) is 0 Å². The fraction of sp³-hybridized carbons (Fsp3) is 0.222. The minimum absolute atomic E-state index is 0.321. The molecular formula is C9H6ClN3O2. The Morgan fingerprint density at radius 2 is 2.40 bits per heavy atom. The van der Waals surface area contributed by atoms with Crippen LogP contribution in [0.5, 0.6) is 0 Å². The summed E-state index contributed by atoms with van der Waals surface area (Å²) in [4.78, 5) is 15.3. The number of rotatable bonds is 0. The Morgan fingerprint density at radius 3 is 3.27 bits per heavy atom. The number of cyclic esters (lactones) is 1. The van der Waals surface area contributed by atoms with Crippen molar-refractivity contribution in [1.29, 1.82) is 0 Å². The molecule has 0 unspecified atom stereocenters. The van der Waals surface area contributed by atoms with Gasteiger partial charge in [0.2, 0.25) is 0 Å². The fourth-order valence-electron chi connectivity index (χ4n) is 1.79. The summed E-state index contributed by atoms with van der Waals surface area (Å²) in [5, 5.41) is 4.36. The van der Waals surface area contributed by atoms with Gasteiger partial charge in [-0.15, -0.1) is 0 Å². The van der Waals surface area contributed by atoms with Crippen LogP contribution in [0.25, 0.3) is 5.52 Å². The zero-order chi connectivity index (χ0) is 10.4. The predicted molar refractivity (Wildman–Crippen MR) is 52.0 cm³/mol. The van der Waals surface area contributed by atoms with Gasteiger partial charge >= 0.3 is 5.97 Å². The zero-order valence-corrected chi connectivity index (χ0v) is 8.36. The van der Waals surface area contributed by atoms with Crippen molar-refractivity contribution in [2.45, 2.75) is 6.42 Å². The van der Waals surface area contributed by atoms with E-state index in [2.05, 4.69) is 10.1 Å². The van der Waals surface area contributed by atoms with Crippen LogP contribution in [-0.4, -0.2) is 27.2 Å². The van der Waals surface area contributed by atoms with Crippen LogP contribution >= 0.6 is 11.6 Å². The fourth-order valence-corrected chi connectivity index (χ4v) is 2.03. The Morgan fingerprint density at radius 1 is 1.53 bits per heavy atom. The highest BCUT2D eigenvalue weighted by atomic mass is 35.5. The van der Waals surface area contributed by atoms with Crippen LogP contribution in [0.3, 0.4) is 0 Å². The van der Waals surface area contributed by atoms with Gasteiger partial charge in [0, 0.05) is 18.2 Å². The van der Waals surface area contributed by atoms with Crippen LogP contribution in [0, 0.1) is 0 Å². The first kappa shape index (κ1) is 8.67. The van der Waals surface area contributed by atoms with Gasteiger partial charge in [0.15, 0.2) is 5.15 Å². The van der Waals surface area contributed by atoms with E-state index in [1.54, 1.807) is 10.7 Å². The molecule has 0 radical (unpaired) electrons. The number of esters is 1. The summed E-state index contributed by atoms with van der Waals surface area (Å²) in [6.07, 6.45) is 3.64. The quantitative estimate of drug-likeness (QED) is 0.628. The van der Waals surface area contributed by atoms with Gasteiger partial charge in [0.05, 0.1) is 12.2 Å². The second kappa shape index (κ2) is 2.93. The van der Waals surface area contributed by atoms with Crippen LogP contribution < -0.4 is 0 Å². The molecule has 0 aliphatic carbocycles. The molecule has 0 amide bonds. The Kier molecular flexibility index (Phi) is 1.70. The number of ether oxygens (including phenoxy) is 1. The van der Waals surface area contributed by atoms with Gasteiger partial charge < -0.3 is 4.74 Å². The third-order valence-electron chi connectivity index (χ3n) is 2.44. The number of aromatic nitrogens is 3. The average Bonchev–Trinajstić information content (AvgIpc) is 2.59. The molecule has 0 saturated carbocycles. The minimum Gasteiger partial charge on any atom is -0.462 e. The van der Waals surface area contributed by atoms with Crippen LogP contribution in [0.4, 0.5) is 0 Å². The maximum atomic E-state index is 11.4. The highest BCUT2D eigenvalue weighted by Crippen LogP contribution is 2.26. The maximum absolute atomic E-state index is 11.4. The highest BCUT2D eigenvalue weighted by molar-refractivity contribution is 6.32. The monoisotopic (exact) mass is 223 g/mol. The molecule has 0 fully saturated rings. The third kappa shape index (κ3) is 1.13. The number of carbonyl (C=O) groups excluding carboxylic acids is 1. The molecular weight excluding hydrogens is 218 g/mol. The smallest absolute Gasteiger partial charge is 0.340 e. The minimum atomic E-state index is -0.321. The molecule has 0 aromatic carbocycles. The van der Waals surface area contributed by atoms with Crippen molar-refractivity contribution in [2.75, 3.05) is 6.61 Å². The number of fused-ring (bicyclic) bond motifs is 3. The number of hydrogen-bond acceptors (Lipinski definition) is 4. The Hall–Kier alpha value is -1.62. The van der Waals surface area contributed by atoms with E-state index < -0.39 is 0 Å². The van der Waals surface area contributed by atoms with Crippen molar-refractivity contribution < 1.29 is 9.53 Å². The predicted octanol–water partition coefficient (Wildman–Crippen LogP) is 1.10. The van der Waals surface area contributed by atoms with Gasteiger partial charge in [-0.3, -0.25) is 0 Å². The van der Waals surface area contributed by atoms with Crippen molar-refractivity contribution in [3.8, 4) is 0 Å². The van der Waals surface area contributed by atoms with Gasteiger partial charge in [0.1, 0.15) is 11.8 Å². The number of hydrogen-bond donors (Lipinski definition) is 0. The van der Waals surface area contributed by atoms with E-state index in [0.717, 1.165) is 5.56 Å². The average molecular weight is 224 g/mol. The first-order chi connectivity index (χ1) is 7.27. The van der Waals surface area contributed by atoms with Crippen LogP contribution in [0.15, 0.2) is 12.5 Å². The van der Waals surface area contributed by atoms with Crippen LogP contribution in [0.2, 0.25) is 5.15 Å². The van der Waals surface area contributed by atoms with Gasteiger partial charge in [-0.25, -0.2) is 14.3 Å². The van der Waals surface area contributed by atoms with Gasteiger partial charge in [-0.2, -0.15) is 5.10 Å². The molecule has 3 heterocycles. The molecule has 3 rings (SSSR count). The molecule has 15 heavy (non-hydrogen) atoms. The zero-order valence-electron chi connectivity index (χ0n) is 7.61. The van der Waals surface area contributed by atoms with Gasteiger partial charge in [-0.1, -0.05) is 11.6 Å². The van der Waals surface area contributed by atoms with Crippen LogP contribution in [-0.2, 0) is 11.2 Å². The van der Waals surface area contributed by atoms with E-state index in [0.29, 0.717) is 29.3 Å². The van der Waals surface area contributed by atoms with Crippen LogP contribution in [0.1, 0.15) is 15.9 Å². The molecule has 1 aliphatic heterocycles. The van der Waals surface area contributed by atoms with E-state index in [1.165, 1.54) is 6.33 Å². The highest BCUT2D eigenvalue weighted by Gasteiger charge is 2.24. The number of nitrogens with zero attached hydrogens (tertiary/aromatic N) is 3. The molecule has 5 nitrogen and oxygen atoms in total. The van der Waals surface area contributed by atoms with Crippen molar-refractivity contribution in [3.05, 3.63) is 28.8 Å². The van der Waals surface area contributed by atoms with Gasteiger partial charge in [-0.05, 0) is 0 Å². The normalized spacial score (nSPS) is 15.1. The Balaban J connectivity index is 2.41. The summed E-state index contributed by atoms with van der Waals surface area (Å²) in [6.45, 7) is 0.386. The second-order valence-electron chi connectivity index (χ2n) is 3.25. The van der Waals surface area contributed by atoms with E-state index in [4.69, 9.17) is 16.3 Å². The second-order valence-corrected chi connectivity index (χ2v) is 3.61. The summed E-state index contributed by atoms with van der Waals surface area (Å²) >= 11 is 5.96. The first-order valence-electron chi connectivity index (χ1n) is 4.45. The molecule has 0 saturated heterocycles. The van der Waals surface area contributed by atoms with E-state index in [-0.39, 0.29) is 5.97 Å². The summed E-state index contributed by atoms with van der Waals surface area (Å²) in [6, 6.07) is 0. The van der Waals surface area contributed by atoms with Gasteiger partial charge in [0.25, 0.3) is 0 Å². The maximum Gasteiger partial charge on any atom is 0.340 e. The van der Waals surface area contributed by atoms with Crippen molar-refractivity contribution in [3.63, 3.8) is 0 Å². The standard InChI is InChI=1S/C9H6ClN3O2/c10-8-7-5-1-2-15-9(14)6(5)3-13(7)12-4-11-8/h3-4H,1-2H2. The summed E-state index contributed by atoms with van der Waals surface area (Å²) in [5.41, 5.74) is 2.10. The van der Waals surface area contributed by atoms with E-state index in [1.807, 2.05) is 0 Å². The molecule has 0 bridgehead atoms. The Labute approximate surface area is 89.6 Å². The van der Waals surface area contributed by atoms with E-state index >= 15 is 0 Å². The summed E-state index contributed by atoms with van der Waals surface area (Å²) < 4.78 is 6.49.